The summed E-state index contributed by atoms with van der Waals surface area (Å²) in [5, 5.41) is 9.82. The summed E-state index contributed by atoms with van der Waals surface area (Å²) in [4.78, 5) is 40.9. The van der Waals surface area contributed by atoms with Gasteiger partial charge in [0.25, 0.3) is 11.5 Å². The number of amides is 1. The molecule has 7 nitrogen and oxygen atoms in total. The molecule has 212 valence electrons. The van der Waals surface area contributed by atoms with E-state index < -0.39 is 74.0 Å². The number of benzene rings is 1. The van der Waals surface area contributed by atoms with Gasteiger partial charge >= 0.3 is 18.0 Å². The van der Waals surface area contributed by atoms with E-state index in [1.165, 1.54) is 6.92 Å². The predicted octanol–water partition coefficient (Wildman–Crippen LogP) is 4.26. The Kier molecular flexibility index (Phi) is 7.74. The highest BCUT2D eigenvalue weighted by Crippen LogP contribution is 2.39. The van der Waals surface area contributed by atoms with Crippen molar-refractivity contribution >= 4 is 27.5 Å². The fourth-order valence-corrected chi connectivity index (χ4v) is 5.91. The Morgan fingerprint density at radius 1 is 1.00 bits per heavy atom. The molecular formula is C25H25F6N3O4S. The molecule has 1 amide bonds. The zero-order valence-corrected chi connectivity index (χ0v) is 21.5. The molecule has 0 aliphatic carbocycles. The standard InChI is InChI=1S/C25H25F6N3O4S/c1-15-17-19(35)33(11-7-16-5-3-2-4-6-16)22(37)34(14-10-24(26,27)28)21(17)39-18(15)20(36)32-12-8-23(38,9-13-32)25(29,30)31/h2-6,38H,7-14H2,1H3. The quantitative estimate of drug-likeness (QED) is 0.444. The molecule has 0 saturated carbocycles. The number of aryl methyl sites for hydroxylation is 3. The van der Waals surface area contributed by atoms with E-state index in [1.54, 1.807) is 30.3 Å². The molecule has 0 atom stereocenters. The minimum absolute atomic E-state index is 0.0551. The first kappa shape index (κ1) is 28.9. The number of carbonyl (C=O) groups excluding carboxylic acids is 1. The summed E-state index contributed by atoms with van der Waals surface area (Å²) in [5.41, 5.74) is -3.69. The fraction of sp³-hybridized carbons (Fsp3) is 0.480. The van der Waals surface area contributed by atoms with Crippen LogP contribution in [0.1, 0.15) is 40.1 Å². The van der Waals surface area contributed by atoms with Crippen molar-refractivity contribution in [3.05, 3.63) is 67.2 Å². The number of alkyl halides is 6. The molecule has 4 rings (SSSR count). The minimum Gasteiger partial charge on any atom is -0.380 e. The maximum absolute atomic E-state index is 13.4. The zero-order valence-electron chi connectivity index (χ0n) is 20.7. The van der Waals surface area contributed by atoms with Gasteiger partial charge < -0.3 is 10.0 Å². The van der Waals surface area contributed by atoms with Gasteiger partial charge in [-0.15, -0.1) is 11.3 Å². The SMILES string of the molecule is Cc1c(C(=O)N2CCC(O)(C(F)(F)F)CC2)sc2c1c(=O)n(CCc1ccccc1)c(=O)n2CCC(F)(F)F. The van der Waals surface area contributed by atoms with Crippen LogP contribution in [0.4, 0.5) is 26.3 Å². The lowest BCUT2D eigenvalue weighted by molar-refractivity contribution is -0.271. The normalized spacial score (nSPS) is 16.2. The number of piperidine rings is 1. The van der Waals surface area contributed by atoms with E-state index in [0.29, 0.717) is 11.3 Å². The second kappa shape index (κ2) is 10.5. The summed E-state index contributed by atoms with van der Waals surface area (Å²) < 4.78 is 80.4. The average Bonchev–Trinajstić information content (AvgIpc) is 3.20. The van der Waals surface area contributed by atoms with Crippen LogP contribution in [0, 0.1) is 6.92 Å². The molecule has 0 radical (unpaired) electrons. The van der Waals surface area contributed by atoms with Crippen LogP contribution in [-0.2, 0) is 19.5 Å². The van der Waals surface area contributed by atoms with Crippen LogP contribution in [0.25, 0.3) is 10.2 Å². The first-order valence-electron chi connectivity index (χ1n) is 12.1. The number of nitrogens with zero attached hydrogens (tertiary/aromatic N) is 3. The molecule has 0 unspecified atom stereocenters. The molecule has 1 aliphatic rings. The van der Waals surface area contributed by atoms with Crippen molar-refractivity contribution in [1.29, 1.82) is 0 Å². The van der Waals surface area contributed by atoms with Crippen molar-refractivity contribution in [2.45, 2.75) is 63.7 Å². The molecule has 3 heterocycles. The third-order valence-electron chi connectivity index (χ3n) is 6.98. The summed E-state index contributed by atoms with van der Waals surface area (Å²) in [5.74, 6) is -0.719. The first-order chi connectivity index (χ1) is 18.1. The maximum Gasteiger partial charge on any atom is 0.417 e. The van der Waals surface area contributed by atoms with Crippen LogP contribution in [0.3, 0.4) is 0 Å². The molecule has 1 N–H and O–H groups in total. The van der Waals surface area contributed by atoms with Gasteiger partial charge in [0.05, 0.1) is 16.7 Å². The smallest absolute Gasteiger partial charge is 0.380 e. The Hall–Kier alpha value is -3.13. The van der Waals surface area contributed by atoms with Crippen molar-refractivity contribution < 1.29 is 36.2 Å². The maximum atomic E-state index is 13.4. The molecule has 39 heavy (non-hydrogen) atoms. The largest absolute Gasteiger partial charge is 0.417 e. The number of hydrogen-bond donors (Lipinski definition) is 1. The van der Waals surface area contributed by atoms with Crippen LogP contribution in [-0.4, -0.2) is 56.1 Å². The number of carbonyl (C=O) groups is 1. The Morgan fingerprint density at radius 2 is 1.62 bits per heavy atom. The molecule has 2 aromatic heterocycles. The van der Waals surface area contributed by atoms with Crippen molar-refractivity contribution in [3.63, 3.8) is 0 Å². The van der Waals surface area contributed by atoms with Crippen LogP contribution < -0.4 is 11.2 Å². The molecule has 1 aromatic carbocycles. The van der Waals surface area contributed by atoms with Gasteiger partial charge in [-0.25, -0.2) is 4.79 Å². The number of halogens is 6. The van der Waals surface area contributed by atoms with Gasteiger partial charge in [0.1, 0.15) is 4.83 Å². The number of aromatic nitrogens is 2. The van der Waals surface area contributed by atoms with Crippen molar-refractivity contribution in [2.24, 2.45) is 0 Å². The van der Waals surface area contributed by atoms with E-state index >= 15 is 0 Å². The topological polar surface area (TPSA) is 84.5 Å². The molecule has 0 bridgehead atoms. The summed E-state index contributed by atoms with van der Waals surface area (Å²) in [6.07, 6.45) is -12.0. The third kappa shape index (κ3) is 5.76. The Bertz CT molecular complexity index is 1480. The highest BCUT2D eigenvalue weighted by Gasteiger charge is 2.55. The molecule has 0 spiro atoms. The molecule has 1 aliphatic heterocycles. The van der Waals surface area contributed by atoms with Gasteiger partial charge in [-0.2, -0.15) is 26.3 Å². The second-order valence-corrected chi connectivity index (χ2v) is 10.5. The van der Waals surface area contributed by atoms with Crippen molar-refractivity contribution in [2.75, 3.05) is 13.1 Å². The monoisotopic (exact) mass is 577 g/mol. The number of rotatable bonds is 6. The number of aliphatic hydroxyl groups is 1. The Labute approximate surface area is 221 Å². The summed E-state index contributed by atoms with van der Waals surface area (Å²) in [7, 11) is 0. The van der Waals surface area contributed by atoms with Crippen LogP contribution in [0.5, 0.6) is 0 Å². The van der Waals surface area contributed by atoms with Crippen LogP contribution in [0.15, 0.2) is 39.9 Å². The highest BCUT2D eigenvalue weighted by atomic mass is 32.1. The number of fused-ring (bicyclic) bond motifs is 1. The summed E-state index contributed by atoms with van der Waals surface area (Å²) >= 11 is 0.666. The first-order valence-corrected chi connectivity index (χ1v) is 12.9. The van der Waals surface area contributed by atoms with Gasteiger partial charge in [0.15, 0.2) is 5.60 Å². The molecule has 14 heteroatoms. The predicted molar refractivity (Wildman–Crippen MR) is 132 cm³/mol. The van der Waals surface area contributed by atoms with Crippen LogP contribution in [0.2, 0.25) is 0 Å². The van der Waals surface area contributed by atoms with Gasteiger partial charge in [-0.1, -0.05) is 30.3 Å². The summed E-state index contributed by atoms with van der Waals surface area (Å²) in [6, 6.07) is 8.86. The van der Waals surface area contributed by atoms with Crippen LogP contribution >= 0.6 is 11.3 Å². The van der Waals surface area contributed by atoms with Gasteiger partial charge in [0, 0.05) is 39.0 Å². The minimum atomic E-state index is -4.87. The van der Waals surface area contributed by atoms with E-state index in [-0.39, 0.29) is 33.6 Å². The van der Waals surface area contributed by atoms with Gasteiger partial charge in [-0.3, -0.25) is 18.7 Å². The van der Waals surface area contributed by atoms with Gasteiger partial charge in [-0.05, 0) is 24.5 Å². The van der Waals surface area contributed by atoms with Crippen molar-refractivity contribution in [3.8, 4) is 0 Å². The molecule has 1 saturated heterocycles. The molecule has 3 aromatic rings. The lowest BCUT2D eigenvalue weighted by atomic mass is 9.90. The molecular weight excluding hydrogens is 552 g/mol. The van der Waals surface area contributed by atoms with E-state index in [1.807, 2.05) is 0 Å². The van der Waals surface area contributed by atoms with Crippen molar-refractivity contribution in [1.82, 2.24) is 14.0 Å². The molecule has 1 fully saturated rings. The number of hydrogen-bond acceptors (Lipinski definition) is 5. The Morgan fingerprint density at radius 3 is 2.18 bits per heavy atom. The van der Waals surface area contributed by atoms with E-state index in [0.717, 1.165) is 19.6 Å². The lowest BCUT2D eigenvalue weighted by Crippen LogP contribution is -2.54. The van der Waals surface area contributed by atoms with E-state index in [2.05, 4.69) is 0 Å². The average molecular weight is 578 g/mol. The number of likely N-dealkylation sites (tertiary alicyclic amines) is 1. The Balaban J connectivity index is 1.74. The second-order valence-electron chi connectivity index (χ2n) is 9.55. The lowest BCUT2D eigenvalue weighted by Gasteiger charge is -2.39. The van der Waals surface area contributed by atoms with E-state index in [4.69, 9.17) is 0 Å². The zero-order chi connectivity index (χ0) is 28.8. The third-order valence-corrected chi connectivity index (χ3v) is 8.28. The highest BCUT2D eigenvalue weighted by molar-refractivity contribution is 7.20. The number of thiophene rings is 1. The van der Waals surface area contributed by atoms with Gasteiger partial charge in [0.2, 0.25) is 0 Å². The fourth-order valence-electron chi connectivity index (χ4n) is 4.62. The summed E-state index contributed by atoms with van der Waals surface area (Å²) in [6.45, 7) is -0.288. The van der Waals surface area contributed by atoms with E-state index in [9.17, 15) is 45.8 Å².